The van der Waals surface area contributed by atoms with E-state index in [-0.39, 0.29) is 30.0 Å². The highest BCUT2D eigenvalue weighted by molar-refractivity contribution is 7.12. The predicted octanol–water partition coefficient (Wildman–Crippen LogP) is 2.91. The van der Waals surface area contributed by atoms with Gasteiger partial charge in [-0.25, -0.2) is 0 Å². The van der Waals surface area contributed by atoms with Crippen molar-refractivity contribution in [1.29, 1.82) is 0 Å². The summed E-state index contributed by atoms with van der Waals surface area (Å²) in [5.74, 6) is 0.159. The lowest BCUT2D eigenvalue weighted by Crippen LogP contribution is -2.60. The number of piperidine rings is 1. The maximum absolute atomic E-state index is 13.4. The molecule has 3 unspecified atom stereocenters. The van der Waals surface area contributed by atoms with E-state index in [9.17, 15) is 9.59 Å². The molecule has 2 amide bonds. The first-order valence-electron chi connectivity index (χ1n) is 9.52. The van der Waals surface area contributed by atoms with Gasteiger partial charge in [-0.15, -0.1) is 11.3 Å². The normalized spacial score (nSPS) is 30.0. The number of amides is 2. The number of carbonyl (C=O) groups is 2. The molecule has 3 heterocycles. The fourth-order valence-corrected chi connectivity index (χ4v) is 5.21. The van der Waals surface area contributed by atoms with Crippen LogP contribution in [0.2, 0.25) is 0 Å². The SMILES string of the molecule is O=C(c1cccs1)N1CCCCC1C(=O)N1CCOC2CCCCC21. The molecule has 2 aliphatic heterocycles. The van der Waals surface area contributed by atoms with Gasteiger partial charge in [-0.1, -0.05) is 18.9 Å². The summed E-state index contributed by atoms with van der Waals surface area (Å²) in [5.41, 5.74) is 0. The maximum atomic E-state index is 13.4. The standard InChI is InChI=1S/C19H26N2O3S/c22-18(21-11-12-24-16-8-2-1-6-14(16)21)15-7-3-4-10-20(15)19(23)17-9-5-13-25-17/h5,9,13-16H,1-4,6-8,10-12H2. The molecule has 1 aromatic rings. The van der Waals surface area contributed by atoms with Gasteiger partial charge >= 0.3 is 0 Å². The lowest BCUT2D eigenvalue weighted by molar-refractivity contribution is -0.155. The predicted molar refractivity (Wildman–Crippen MR) is 96.7 cm³/mol. The number of hydrogen-bond donors (Lipinski definition) is 0. The molecule has 3 fully saturated rings. The monoisotopic (exact) mass is 362 g/mol. The minimum absolute atomic E-state index is 0.0153. The van der Waals surface area contributed by atoms with E-state index < -0.39 is 0 Å². The molecule has 4 rings (SSSR count). The van der Waals surface area contributed by atoms with Crippen LogP contribution in [0.1, 0.15) is 54.6 Å². The Balaban J connectivity index is 1.53. The molecular weight excluding hydrogens is 336 g/mol. The summed E-state index contributed by atoms with van der Waals surface area (Å²) < 4.78 is 5.91. The summed E-state index contributed by atoms with van der Waals surface area (Å²) in [6.45, 7) is 1.97. The Hall–Kier alpha value is -1.40. The van der Waals surface area contributed by atoms with Crippen LogP contribution in [0.4, 0.5) is 0 Å². The molecule has 1 aromatic heterocycles. The van der Waals surface area contributed by atoms with Crippen molar-refractivity contribution < 1.29 is 14.3 Å². The van der Waals surface area contributed by atoms with Crippen molar-refractivity contribution in [2.75, 3.05) is 19.7 Å². The van der Waals surface area contributed by atoms with Gasteiger partial charge in [0.1, 0.15) is 6.04 Å². The first-order valence-corrected chi connectivity index (χ1v) is 10.4. The highest BCUT2D eigenvalue weighted by Gasteiger charge is 2.42. The molecule has 136 valence electrons. The summed E-state index contributed by atoms with van der Waals surface area (Å²) in [6, 6.07) is 3.65. The van der Waals surface area contributed by atoms with Gasteiger partial charge in [0.2, 0.25) is 5.91 Å². The van der Waals surface area contributed by atoms with Gasteiger partial charge in [-0.3, -0.25) is 9.59 Å². The average Bonchev–Trinajstić information content (AvgIpc) is 3.21. The summed E-state index contributed by atoms with van der Waals surface area (Å²) >= 11 is 1.46. The smallest absolute Gasteiger partial charge is 0.264 e. The fraction of sp³-hybridized carbons (Fsp3) is 0.684. The van der Waals surface area contributed by atoms with Crippen LogP contribution in [-0.4, -0.2) is 59.5 Å². The van der Waals surface area contributed by atoms with Gasteiger partial charge in [-0.2, -0.15) is 0 Å². The van der Waals surface area contributed by atoms with Crippen molar-refractivity contribution in [3.8, 4) is 0 Å². The average molecular weight is 362 g/mol. The molecular formula is C19H26N2O3S. The zero-order valence-corrected chi connectivity index (χ0v) is 15.4. The Morgan fingerprint density at radius 3 is 2.72 bits per heavy atom. The summed E-state index contributed by atoms with van der Waals surface area (Å²) in [5, 5.41) is 1.92. The van der Waals surface area contributed by atoms with E-state index in [2.05, 4.69) is 0 Å². The van der Waals surface area contributed by atoms with Crippen LogP contribution in [0, 0.1) is 0 Å². The summed E-state index contributed by atoms with van der Waals surface area (Å²) in [6.07, 6.45) is 7.41. The highest BCUT2D eigenvalue weighted by Crippen LogP contribution is 2.31. The Morgan fingerprint density at radius 2 is 1.88 bits per heavy atom. The van der Waals surface area contributed by atoms with E-state index in [0.717, 1.165) is 43.4 Å². The molecule has 2 saturated heterocycles. The van der Waals surface area contributed by atoms with Gasteiger partial charge in [0.05, 0.1) is 23.6 Å². The zero-order chi connectivity index (χ0) is 17.2. The molecule has 6 heteroatoms. The van der Waals surface area contributed by atoms with Crippen molar-refractivity contribution in [3.05, 3.63) is 22.4 Å². The quantitative estimate of drug-likeness (QED) is 0.813. The fourth-order valence-electron chi connectivity index (χ4n) is 4.53. The maximum Gasteiger partial charge on any atom is 0.264 e. The number of rotatable bonds is 2. The minimum atomic E-state index is -0.302. The van der Waals surface area contributed by atoms with Crippen LogP contribution in [0.5, 0.6) is 0 Å². The second kappa shape index (κ2) is 7.46. The number of likely N-dealkylation sites (tertiary alicyclic amines) is 1. The highest BCUT2D eigenvalue weighted by atomic mass is 32.1. The molecule has 0 aromatic carbocycles. The van der Waals surface area contributed by atoms with Crippen molar-refractivity contribution in [2.24, 2.45) is 0 Å². The Kier molecular flexibility index (Phi) is 5.08. The molecule has 0 bridgehead atoms. The number of thiophene rings is 1. The zero-order valence-electron chi connectivity index (χ0n) is 14.6. The van der Waals surface area contributed by atoms with Crippen molar-refractivity contribution in [2.45, 2.75) is 63.1 Å². The minimum Gasteiger partial charge on any atom is -0.374 e. The first-order chi connectivity index (χ1) is 12.3. The van der Waals surface area contributed by atoms with Crippen LogP contribution in [0.25, 0.3) is 0 Å². The van der Waals surface area contributed by atoms with E-state index in [1.807, 2.05) is 27.3 Å². The van der Waals surface area contributed by atoms with Gasteiger partial charge in [0, 0.05) is 13.1 Å². The Labute approximate surface area is 152 Å². The third-order valence-electron chi connectivity index (χ3n) is 5.80. The molecule has 3 atom stereocenters. The largest absolute Gasteiger partial charge is 0.374 e. The second-order valence-electron chi connectivity index (χ2n) is 7.28. The number of ether oxygens (including phenoxy) is 1. The van der Waals surface area contributed by atoms with Crippen LogP contribution < -0.4 is 0 Å². The third kappa shape index (κ3) is 3.34. The molecule has 3 aliphatic rings. The molecule has 0 spiro atoms. The van der Waals surface area contributed by atoms with Gasteiger partial charge < -0.3 is 14.5 Å². The van der Waals surface area contributed by atoms with Crippen molar-refractivity contribution >= 4 is 23.2 Å². The lowest BCUT2D eigenvalue weighted by Gasteiger charge is -2.46. The number of fused-ring (bicyclic) bond motifs is 1. The molecule has 1 aliphatic carbocycles. The van der Waals surface area contributed by atoms with Gasteiger partial charge in [-0.05, 0) is 43.6 Å². The van der Waals surface area contributed by atoms with E-state index in [1.54, 1.807) is 0 Å². The van der Waals surface area contributed by atoms with Crippen LogP contribution in [0.3, 0.4) is 0 Å². The second-order valence-corrected chi connectivity index (χ2v) is 8.23. The van der Waals surface area contributed by atoms with Gasteiger partial charge in [0.15, 0.2) is 0 Å². The first kappa shape index (κ1) is 17.0. The van der Waals surface area contributed by atoms with Gasteiger partial charge in [0.25, 0.3) is 5.91 Å². The van der Waals surface area contributed by atoms with Crippen LogP contribution >= 0.6 is 11.3 Å². The van der Waals surface area contributed by atoms with E-state index >= 15 is 0 Å². The van der Waals surface area contributed by atoms with E-state index in [4.69, 9.17) is 4.74 Å². The Morgan fingerprint density at radius 1 is 1.04 bits per heavy atom. The number of hydrogen-bond acceptors (Lipinski definition) is 4. The van der Waals surface area contributed by atoms with E-state index in [1.165, 1.54) is 17.8 Å². The van der Waals surface area contributed by atoms with E-state index in [0.29, 0.717) is 19.7 Å². The number of carbonyl (C=O) groups excluding carboxylic acids is 2. The number of morpholine rings is 1. The molecule has 0 radical (unpaired) electrons. The van der Waals surface area contributed by atoms with Crippen molar-refractivity contribution in [1.82, 2.24) is 9.80 Å². The van der Waals surface area contributed by atoms with Crippen LogP contribution in [0.15, 0.2) is 17.5 Å². The van der Waals surface area contributed by atoms with Crippen molar-refractivity contribution in [3.63, 3.8) is 0 Å². The molecule has 1 saturated carbocycles. The number of nitrogens with zero attached hydrogens (tertiary/aromatic N) is 2. The third-order valence-corrected chi connectivity index (χ3v) is 6.65. The summed E-state index contributed by atoms with van der Waals surface area (Å²) in [4.78, 5) is 30.9. The molecule has 0 N–H and O–H groups in total. The Bertz CT molecular complexity index is 616. The summed E-state index contributed by atoms with van der Waals surface area (Å²) in [7, 11) is 0. The lowest BCUT2D eigenvalue weighted by atomic mass is 9.89. The topological polar surface area (TPSA) is 49.9 Å². The van der Waals surface area contributed by atoms with Crippen LogP contribution in [-0.2, 0) is 9.53 Å². The molecule has 25 heavy (non-hydrogen) atoms. The molecule has 5 nitrogen and oxygen atoms in total.